The summed E-state index contributed by atoms with van der Waals surface area (Å²) in [5.74, 6) is 0. The third-order valence-corrected chi connectivity index (χ3v) is 6.45. The zero-order valence-electron chi connectivity index (χ0n) is 17.5. The van der Waals surface area contributed by atoms with E-state index >= 15 is 0 Å². The Morgan fingerprint density at radius 3 is 1.79 bits per heavy atom. The van der Waals surface area contributed by atoms with E-state index in [4.69, 9.17) is 0 Å². The molecule has 0 atom stereocenters. The third-order valence-electron chi connectivity index (χ3n) is 6.45. The maximum atomic E-state index is 2.71. The monoisotopic (exact) mass is 384 g/mol. The summed E-state index contributed by atoms with van der Waals surface area (Å²) in [5, 5.41) is 0. The molecule has 1 aliphatic heterocycles. The molecular weight excluding hydrogens is 352 g/mol. The molecule has 3 aromatic carbocycles. The van der Waals surface area contributed by atoms with Gasteiger partial charge in [0.05, 0.1) is 0 Å². The average Bonchev–Trinajstić information content (AvgIpc) is 2.80. The van der Waals surface area contributed by atoms with E-state index in [1.807, 2.05) is 0 Å². The highest BCUT2D eigenvalue weighted by molar-refractivity contribution is 5.27. The molecule has 0 N–H and O–H groups in total. The van der Waals surface area contributed by atoms with Crippen LogP contribution in [0, 0.1) is 0 Å². The standard InChI is InChI=1S/C27H32N2/c1-2-29(23-25-14-8-4-9-15-25)27(26-16-10-5-11-17-26)18-20-28(21-19-27)22-24-12-6-3-7-13-24/h3-17H,2,18-23H2,1H3. The highest BCUT2D eigenvalue weighted by Crippen LogP contribution is 2.40. The van der Waals surface area contributed by atoms with Gasteiger partial charge in [-0.25, -0.2) is 0 Å². The molecule has 0 bridgehead atoms. The van der Waals surface area contributed by atoms with Crippen molar-refractivity contribution in [1.82, 2.24) is 9.80 Å². The minimum atomic E-state index is 0.110. The first-order chi connectivity index (χ1) is 14.3. The SMILES string of the molecule is CCN(Cc1ccccc1)C1(c2ccccc2)CCN(Cc2ccccc2)CC1. The predicted molar refractivity (Wildman–Crippen MR) is 122 cm³/mol. The van der Waals surface area contributed by atoms with E-state index in [9.17, 15) is 0 Å². The first-order valence-electron chi connectivity index (χ1n) is 10.9. The fraction of sp³-hybridized carbons (Fsp3) is 0.333. The Balaban J connectivity index is 1.56. The second kappa shape index (κ2) is 9.39. The molecule has 0 aromatic heterocycles. The predicted octanol–water partition coefficient (Wildman–Crippen LogP) is 5.70. The molecular formula is C27H32N2. The van der Waals surface area contributed by atoms with E-state index in [1.54, 1.807) is 0 Å². The van der Waals surface area contributed by atoms with E-state index in [1.165, 1.54) is 29.5 Å². The average molecular weight is 385 g/mol. The van der Waals surface area contributed by atoms with Gasteiger partial charge < -0.3 is 0 Å². The maximum Gasteiger partial charge on any atom is 0.0488 e. The third kappa shape index (κ3) is 4.60. The molecule has 1 fully saturated rings. The van der Waals surface area contributed by atoms with Crippen molar-refractivity contribution < 1.29 is 0 Å². The quantitative estimate of drug-likeness (QED) is 0.515. The van der Waals surface area contributed by atoms with Crippen LogP contribution in [0.25, 0.3) is 0 Å². The van der Waals surface area contributed by atoms with Crippen LogP contribution in [-0.4, -0.2) is 29.4 Å². The summed E-state index contributed by atoms with van der Waals surface area (Å²) >= 11 is 0. The van der Waals surface area contributed by atoms with Crippen LogP contribution < -0.4 is 0 Å². The van der Waals surface area contributed by atoms with Crippen LogP contribution in [0.15, 0.2) is 91.0 Å². The van der Waals surface area contributed by atoms with Crippen LogP contribution in [0.2, 0.25) is 0 Å². The van der Waals surface area contributed by atoms with Crippen molar-refractivity contribution in [1.29, 1.82) is 0 Å². The number of benzene rings is 3. The smallest absolute Gasteiger partial charge is 0.0488 e. The van der Waals surface area contributed by atoms with Crippen LogP contribution in [0.1, 0.15) is 36.5 Å². The summed E-state index contributed by atoms with van der Waals surface area (Å²) < 4.78 is 0. The molecule has 29 heavy (non-hydrogen) atoms. The van der Waals surface area contributed by atoms with Gasteiger partial charge in [0.2, 0.25) is 0 Å². The van der Waals surface area contributed by atoms with Crippen LogP contribution in [-0.2, 0) is 18.6 Å². The van der Waals surface area contributed by atoms with Gasteiger partial charge in [-0.3, -0.25) is 9.80 Å². The Morgan fingerprint density at radius 2 is 1.24 bits per heavy atom. The lowest BCUT2D eigenvalue weighted by atomic mass is 9.78. The fourth-order valence-corrected chi connectivity index (χ4v) is 4.83. The first-order valence-corrected chi connectivity index (χ1v) is 10.9. The summed E-state index contributed by atoms with van der Waals surface area (Å²) in [6.07, 6.45) is 2.34. The van der Waals surface area contributed by atoms with Gasteiger partial charge in [-0.2, -0.15) is 0 Å². The number of hydrogen-bond acceptors (Lipinski definition) is 2. The molecule has 2 nitrogen and oxygen atoms in total. The molecule has 150 valence electrons. The van der Waals surface area contributed by atoms with E-state index in [-0.39, 0.29) is 5.54 Å². The van der Waals surface area contributed by atoms with E-state index in [0.717, 1.165) is 32.7 Å². The number of nitrogens with zero attached hydrogens (tertiary/aromatic N) is 2. The van der Waals surface area contributed by atoms with Gasteiger partial charge in [-0.15, -0.1) is 0 Å². The highest BCUT2D eigenvalue weighted by Gasteiger charge is 2.40. The molecule has 3 aromatic rings. The van der Waals surface area contributed by atoms with Crippen LogP contribution in [0.4, 0.5) is 0 Å². The van der Waals surface area contributed by atoms with E-state index in [0.29, 0.717) is 0 Å². The molecule has 0 radical (unpaired) electrons. The second-order valence-corrected chi connectivity index (χ2v) is 8.16. The second-order valence-electron chi connectivity index (χ2n) is 8.16. The Labute approximate surface area is 175 Å². The molecule has 0 amide bonds. The first kappa shape index (κ1) is 19.9. The van der Waals surface area contributed by atoms with Gasteiger partial charge >= 0.3 is 0 Å². The van der Waals surface area contributed by atoms with Gasteiger partial charge in [-0.05, 0) is 36.1 Å². The summed E-state index contributed by atoms with van der Waals surface area (Å²) in [6.45, 7) is 7.69. The Kier molecular flexibility index (Phi) is 6.43. The minimum absolute atomic E-state index is 0.110. The molecule has 4 rings (SSSR count). The Hall–Kier alpha value is -2.42. The van der Waals surface area contributed by atoms with Crippen molar-refractivity contribution >= 4 is 0 Å². The summed E-state index contributed by atoms with van der Waals surface area (Å²) in [4.78, 5) is 5.32. The molecule has 1 saturated heterocycles. The van der Waals surface area contributed by atoms with Crippen LogP contribution >= 0.6 is 0 Å². The Morgan fingerprint density at radius 1 is 0.724 bits per heavy atom. The van der Waals surface area contributed by atoms with Crippen molar-refractivity contribution in [2.45, 2.75) is 38.4 Å². The number of piperidine rings is 1. The topological polar surface area (TPSA) is 6.48 Å². The van der Waals surface area contributed by atoms with Crippen molar-refractivity contribution in [3.05, 3.63) is 108 Å². The molecule has 0 spiro atoms. The zero-order valence-corrected chi connectivity index (χ0v) is 17.5. The van der Waals surface area contributed by atoms with Gasteiger partial charge in [0.15, 0.2) is 0 Å². The van der Waals surface area contributed by atoms with Crippen molar-refractivity contribution in [2.24, 2.45) is 0 Å². The molecule has 0 unspecified atom stereocenters. The molecule has 2 heteroatoms. The largest absolute Gasteiger partial charge is 0.299 e. The number of hydrogen-bond donors (Lipinski definition) is 0. The maximum absolute atomic E-state index is 2.71. The van der Waals surface area contributed by atoms with Crippen molar-refractivity contribution in [2.75, 3.05) is 19.6 Å². The normalized spacial score (nSPS) is 16.8. The lowest BCUT2D eigenvalue weighted by molar-refractivity contribution is 0.0123. The van der Waals surface area contributed by atoms with Crippen LogP contribution in [0.5, 0.6) is 0 Å². The highest BCUT2D eigenvalue weighted by atomic mass is 15.2. The zero-order chi connectivity index (χ0) is 19.9. The fourth-order valence-electron chi connectivity index (χ4n) is 4.83. The molecule has 0 aliphatic carbocycles. The summed E-state index contributed by atoms with van der Waals surface area (Å²) in [6, 6.07) is 33.0. The molecule has 1 heterocycles. The summed E-state index contributed by atoms with van der Waals surface area (Å²) in [5.41, 5.74) is 4.39. The minimum Gasteiger partial charge on any atom is -0.299 e. The van der Waals surface area contributed by atoms with Crippen LogP contribution in [0.3, 0.4) is 0 Å². The van der Waals surface area contributed by atoms with Gasteiger partial charge in [-0.1, -0.05) is 97.9 Å². The van der Waals surface area contributed by atoms with E-state index in [2.05, 4.69) is 108 Å². The summed E-state index contributed by atoms with van der Waals surface area (Å²) in [7, 11) is 0. The number of likely N-dealkylation sites (tertiary alicyclic amines) is 1. The Bertz CT molecular complexity index is 853. The number of rotatable bonds is 7. The van der Waals surface area contributed by atoms with E-state index < -0.39 is 0 Å². The molecule has 1 aliphatic rings. The lowest BCUT2D eigenvalue weighted by Gasteiger charge is -2.49. The van der Waals surface area contributed by atoms with Gasteiger partial charge in [0, 0.05) is 31.7 Å². The van der Waals surface area contributed by atoms with Gasteiger partial charge in [0.1, 0.15) is 0 Å². The molecule has 0 saturated carbocycles. The lowest BCUT2D eigenvalue weighted by Crippen LogP contribution is -2.52. The van der Waals surface area contributed by atoms with Crippen molar-refractivity contribution in [3.8, 4) is 0 Å². The van der Waals surface area contributed by atoms with Crippen molar-refractivity contribution in [3.63, 3.8) is 0 Å². The van der Waals surface area contributed by atoms with Gasteiger partial charge in [0.25, 0.3) is 0 Å².